The minimum absolute atomic E-state index is 0.0890. The fourth-order valence-corrected chi connectivity index (χ4v) is 4.70. The van der Waals surface area contributed by atoms with Gasteiger partial charge in [-0.2, -0.15) is 0 Å². The van der Waals surface area contributed by atoms with Gasteiger partial charge in [-0.05, 0) is 36.4 Å². The van der Waals surface area contributed by atoms with Gasteiger partial charge in [-0.25, -0.2) is 15.0 Å². The number of nitrogens with zero attached hydrogens (tertiary/aromatic N) is 3. The highest BCUT2D eigenvalue weighted by Crippen LogP contribution is 2.31. The van der Waals surface area contributed by atoms with Crippen molar-refractivity contribution < 1.29 is 4.79 Å². The molecule has 2 N–H and O–H groups in total. The lowest BCUT2D eigenvalue weighted by Crippen LogP contribution is -2.19. The first-order chi connectivity index (χ1) is 16.2. The Kier molecular flexibility index (Phi) is 4.44. The number of aromatic nitrogens is 4. The molecule has 33 heavy (non-hydrogen) atoms. The van der Waals surface area contributed by atoms with E-state index in [4.69, 9.17) is 4.98 Å². The molecule has 3 heterocycles. The molecule has 0 unspecified atom stereocenters. The van der Waals surface area contributed by atoms with Gasteiger partial charge >= 0.3 is 0 Å². The molecule has 0 aliphatic heterocycles. The average Bonchev–Trinajstić information content (AvgIpc) is 3.28. The van der Waals surface area contributed by atoms with Crippen molar-refractivity contribution in [2.45, 2.75) is 0 Å². The van der Waals surface area contributed by atoms with Crippen LogP contribution >= 0.6 is 11.3 Å². The van der Waals surface area contributed by atoms with Crippen LogP contribution in [0.25, 0.3) is 42.7 Å². The van der Waals surface area contributed by atoms with Crippen molar-refractivity contribution in [1.82, 2.24) is 19.9 Å². The molecule has 3 aromatic heterocycles. The van der Waals surface area contributed by atoms with E-state index in [1.165, 1.54) is 11.3 Å². The summed E-state index contributed by atoms with van der Waals surface area (Å²) in [5.74, 6) is -0.305. The SMILES string of the molecule is O=C(Nc1nc2ccccc2c(=O)[nH]1)c1cc(-c2nc3ccccc3s2)nc2ccccc12. The third-order valence-electron chi connectivity index (χ3n) is 5.32. The van der Waals surface area contributed by atoms with E-state index in [9.17, 15) is 9.59 Å². The molecular formula is C25H15N5O2S. The lowest BCUT2D eigenvalue weighted by molar-refractivity contribution is 0.102. The number of carbonyl (C=O) groups is 1. The second-order valence-electron chi connectivity index (χ2n) is 7.44. The Balaban J connectivity index is 1.46. The number of rotatable bonds is 3. The lowest BCUT2D eigenvalue weighted by atomic mass is 10.1. The van der Waals surface area contributed by atoms with Crippen LogP contribution in [0.2, 0.25) is 0 Å². The molecule has 0 fully saturated rings. The second kappa shape index (κ2) is 7.61. The standard InChI is InChI=1S/C25H15N5O2S/c31-22-15-8-2-4-10-18(15)28-25(29-22)30-23(32)16-13-20(26-17-9-3-1-7-14(16)17)24-27-19-11-5-6-12-21(19)33-24/h1-13H,(H2,28,29,30,31,32). The van der Waals surface area contributed by atoms with E-state index in [1.54, 1.807) is 30.3 Å². The van der Waals surface area contributed by atoms with Gasteiger partial charge in [-0.1, -0.05) is 42.5 Å². The van der Waals surface area contributed by atoms with Crippen LogP contribution in [0.1, 0.15) is 10.4 Å². The molecule has 8 heteroatoms. The number of hydrogen-bond donors (Lipinski definition) is 2. The van der Waals surface area contributed by atoms with Gasteiger partial charge < -0.3 is 0 Å². The molecule has 0 radical (unpaired) electrons. The fourth-order valence-electron chi connectivity index (χ4n) is 3.78. The van der Waals surface area contributed by atoms with Crippen LogP contribution in [0.4, 0.5) is 5.95 Å². The number of hydrogen-bond acceptors (Lipinski definition) is 6. The summed E-state index contributed by atoms with van der Waals surface area (Å²) in [6, 6.07) is 24.0. The molecular weight excluding hydrogens is 434 g/mol. The van der Waals surface area contributed by atoms with Crippen LogP contribution in [0.5, 0.6) is 0 Å². The van der Waals surface area contributed by atoms with E-state index >= 15 is 0 Å². The van der Waals surface area contributed by atoms with E-state index in [0.717, 1.165) is 15.2 Å². The predicted molar refractivity (Wildman–Crippen MR) is 131 cm³/mol. The Labute approximate surface area is 190 Å². The number of H-pyrrole nitrogens is 1. The van der Waals surface area contributed by atoms with Crippen molar-refractivity contribution >= 4 is 55.2 Å². The molecule has 1 amide bonds. The molecule has 0 saturated heterocycles. The number of fused-ring (bicyclic) bond motifs is 3. The zero-order valence-corrected chi connectivity index (χ0v) is 17.9. The van der Waals surface area contributed by atoms with Gasteiger partial charge in [0.05, 0.1) is 32.2 Å². The van der Waals surface area contributed by atoms with Crippen molar-refractivity contribution in [2.75, 3.05) is 5.32 Å². The summed E-state index contributed by atoms with van der Waals surface area (Å²) in [7, 11) is 0. The third kappa shape index (κ3) is 3.42. The first-order valence-electron chi connectivity index (χ1n) is 10.2. The molecule has 7 nitrogen and oxygen atoms in total. The summed E-state index contributed by atoms with van der Waals surface area (Å²) >= 11 is 1.52. The molecule has 0 aliphatic rings. The first kappa shape index (κ1) is 19.3. The van der Waals surface area contributed by atoms with Crippen molar-refractivity contribution in [2.24, 2.45) is 0 Å². The minimum Gasteiger partial charge on any atom is -0.292 e. The smallest absolute Gasteiger partial charge is 0.260 e. The van der Waals surface area contributed by atoms with E-state index in [2.05, 4.69) is 20.3 Å². The highest BCUT2D eigenvalue weighted by atomic mass is 32.1. The van der Waals surface area contributed by atoms with Gasteiger partial charge in [0, 0.05) is 5.39 Å². The van der Waals surface area contributed by atoms with Crippen molar-refractivity contribution in [3.05, 3.63) is 94.8 Å². The number of pyridine rings is 1. The highest BCUT2D eigenvalue weighted by Gasteiger charge is 2.17. The van der Waals surface area contributed by atoms with Gasteiger partial charge in [0.2, 0.25) is 5.95 Å². The number of amides is 1. The Morgan fingerprint density at radius 3 is 2.24 bits per heavy atom. The normalized spacial score (nSPS) is 11.3. The topological polar surface area (TPSA) is 101 Å². The fraction of sp³-hybridized carbons (Fsp3) is 0. The van der Waals surface area contributed by atoms with Crippen LogP contribution in [0.15, 0.2) is 83.7 Å². The van der Waals surface area contributed by atoms with Crippen molar-refractivity contribution in [3.63, 3.8) is 0 Å². The maximum Gasteiger partial charge on any atom is 0.260 e. The van der Waals surface area contributed by atoms with Crippen LogP contribution in [-0.2, 0) is 0 Å². The Bertz CT molecular complexity index is 1720. The molecule has 0 aliphatic carbocycles. The molecule has 3 aromatic carbocycles. The summed E-state index contributed by atoms with van der Waals surface area (Å²) in [4.78, 5) is 42.1. The summed E-state index contributed by atoms with van der Waals surface area (Å²) in [6.07, 6.45) is 0. The monoisotopic (exact) mass is 449 g/mol. The van der Waals surface area contributed by atoms with Gasteiger partial charge in [0.25, 0.3) is 11.5 Å². The van der Waals surface area contributed by atoms with Gasteiger partial charge in [0.1, 0.15) is 10.7 Å². The lowest BCUT2D eigenvalue weighted by Gasteiger charge is -2.09. The minimum atomic E-state index is -0.394. The zero-order valence-electron chi connectivity index (χ0n) is 17.1. The van der Waals surface area contributed by atoms with E-state index in [0.29, 0.717) is 33.1 Å². The van der Waals surface area contributed by atoms with Crippen LogP contribution in [0.3, 0.4) is 0 Å². The number of para-hydroxylation sites is 3. The van der Waals surface area contributed by atoms with E-state index in [1.807, 2.05) is 48.5 Å². The molecule has 0 atom stereocenters. The van der Waals surface area contributed by atoms with Crippen molar-refractivity contribution in [1.29, 1.82) is 0 Å². The Morgan fingerprint density at radius 2 is 1.45 bits per heavy atom. The second-order valence-corrected chi connectivity index (χ2v) is 8.48. The van der Waals surface area contributed by atoms with Crippen LogP contribution < -0.4 is 10.9 Å². The zero-order chi connectivity index (χ0) is 22.4. The quantitative estimate of drug-likeness (QED) is 0.396. The number of carbonyl (C=O) groups excluding carboxylic acids is 1. The molecule has 6 aromatic rings. The first-order valence-corrected chi connectivity index (χ1v) is 11.0. The molecule has 158 valence electrons. The average molecular weight is 449 g/mol. The summed E-state index contributed by atoms with van der Waals surface area (Å²) < 4.78 is 1.05. The number of benzene rings is 3. The largest absolute Gasteiger partial charge is 0.292 e. The molecule has 0 bridgehead atoms. The highest BCUT2D eigenvalue weighted by molar-refractivity contribution is 7.21. The number of anilines is 1. The van der Waals surface area contributed by atoms with Crippen LogP contribution in [0, 0.1) is 0 Å². The molecule has 0 saturated carbocycles. The van der Waals surface area contributed by atoms with E-state index in [-0.39, 0.29) is 11.5 Å². The number of aromatic amines is 1. The third-order valence-corrected chi connectivity index (χ3v) is 6.38. The van der Waals surface area contributed by atoms with Gasteiger partial charge in [-0.3, -0.25) is 19.9 Å². The number of thiazole rings is 1. The van der Waals surface area contributed by atoms with Gasteiger partial charge in [-0.15, -0.1) is 11.3 Å². The Morgan fingerprint density at radius 1 is 0.788 bits per heavy atom. The van der Waals surface area contributed by atoms with E-state index < -0.39 is 5.91 Å². The predicted octanol–water partition coefficient (Wildman–Crippen LogP) is 5.00. The maximum absolute atomic E-state index is 13.3. The van der Waals surface area contributed by atoms with Crippen molar-refractivity contribution in [3.8, 4) is 10.7 Å². The van der Waals surface area contributed by atoms with Crippen LogP contribution in [-0.4, -0.2) is 25.8 Å². The number of nitrogens with one attached hydrogen (secondary N) is 2. The molecule has 6 rings (SSSR count). The molecule has 0 spiro atoms. The maximum atomic E-state index is 13.3. The summed E-state index contributed by atoms with van der Waals surface area (Å²) in [5.41, 5.74) is 2.79. The van der Waals surface area contributed by atoms with Gasteiger partial charge in [0.15, 0.2) is 0 Å². The summed E-state index contributed by atoms with van der Waals surface area (Å²) in [5, 5.41) is 4.63. The summed E-state index contributed by atoms with van der Waals surface area (Å²) in [6.45, 7) is 0. The Hall–Kier alpha value is -4.43.